The van der Waals surface area contributed by atoms with Crippen molar-refractivity contribution in [2.75, 3.05) is 0 Å². The van der Waals surface area contributed by atoms with Crippen molar-refractivity contribution < 1.29 is 8.42 Å². The monoisotopic (exact) mass is 223 g/mol. The first-order valence-corrected chi connectivity index (χ1v) is 6.33. The normalized spacial score (nSPS) is 13.1. The van der Waals surface area contributed by atoms with Gasteiger partial charge in [0.1, 0.15) is 0 Å². The Hall–Kier alpha value is -1.34. The van der Waals surface area contributed by atoms with Gasteiger partial charge in [-0.1, -0.05) is 25.1 Å². The largest absolute Gasteiger partial charge is 0.223 e. The number of nitriles is 1. The van der Waals surface area contributed by atoms with Gasteiger partial charge in [-0.25, -0.2) is 8.42 Å². The first-order valence-electron chi connectivity index (χ1n) is 4.78. The van der Waals surface area contributed by atoms with Crippen LogP contribution in [-0.2, 0) is 9.84 Å². The maximum Gasteiger partial charge on any atom is 0.182 e. The van der Waals surface area contributed by atoms with Gasteiger partial charge in [0.2, 0.25) is 0 Å². The van der Waals surface area contributed by atoms with Gasteiger partial charge < -0.3 is 0 Å². The molecule has 0 radical (unpaired) electrons. The van der Waals surface area contributed by atoms with Crippen LogP contribution in [0.3, 0.4) is 0 Å². The Morgan fingerprint density at radius 1 is 1.33 bits per heavy atom. The Bertz CT molecular complexity index is 445. The molecule has 0 spiro atoms. The van der Waals surface area contributed by atoms with Crippen LogP contribution < -0.4 is 0 Å². The number of hydrogen-bond acceptors (Lipinski definition) is 3. The van der Waals surface area contributed by atoms with E-state index in [0.29, 0.717) is 11.3 Å². The SMILES string of the molecule is CCC(CC#N)S(=O)(=O)c1ccccc1. The van der Waals surface area contributed by atoms with Gasteiger partial charge in [0.15, 0.2) is 9.84 Å². The van der Waals surface area contributed by atoms with Gasteiger partial charge in [-0.15, -0.1) is 0 Å². The van der Waals surface area contributed by atoms with Crippen LogP contribution in [0.2, 0.25) is 0 Å². The summed E-state index contributed by atoms with van der Waals surface area (Å²) >= 11 is 0. The smallest absolute Gasteiger partial charge is 0.182 e. The minimum Gasteiger partial charge on any atom is -0.223 e. The lowest BCUT2D eigenvalue weighted by atomic mass is 10.3. The fourth-order valence-corrected chi connectivity index (χ4v) is 3.03. The molecule has 1 unspecified atom stereocenters. The molecule has 1 aromatic carbocycles. The van der Waals surface area contributed by atoms with Gasteiger partial charge in [0, 0.05) is 0 Å². The maximum absolute atomic E-state index is 12.0. The molecular formula is C11H13NO2S. The molecule has 0 amide bonds. The molecule has 0 aliphatic carbocycles. The summed E-state index contributed by atoms with van der Waals surface area (Å²) in [5, 5.41) is 7.97. The zero-order valence-corrected chi connectivity index (χ0v) is 9.37. The van der Waals surface area contributed by atoms with E-state index in [1.165, 1.54) is 0 Å². The van der Waals surface area contributed by atoms with Crippen molar-refractivity contribution in [2.45, 2.75) is 29.9 Å². The van der Waals surface area contributed by atoms with E-state index in [1.54, 1.807) is 37.3 Å². The Labute approximate surface area is 90.3 Å². The molecule has 0 aliphatic rings. The fourth-order valence-electron chi connectivity index (χ4n) is 1.38. The van der Waals surface area contributed by atoms with Gasteiger partial charge in [0.05, 0.1) is 22.6 Å². The molecule has 4 heteroatoms. The lowest BCUT2D eigenvalue weighted by molar-refractivity contribution is 0.576. The molecular weight excluding hydrogens is 210 g/mol. The topological polar surface area (TPSA) is 57.9 Å². The van der Waals surface area contributed by atoms with E-state index in [-0.39, 0.29) is 6.42 Å². The molecule has 0 saturated heterocycles. The predicted molar refractivity (Wildman–Crippen MR) is 57.9 cm³/mol. The number of benzene rings is 1. The van der Waals surface area contributed by atoms with Crippen molar-refractivity contribution in [2.24, 2.45) is 0 Å². The van der Waals surface area contributed by atoms with Crippen LogP contribution in [0.25, 0.3) is 0 Å². The van der Waals surface area contributed by atoms with Gasteiger partial charge in [-0.2, -0.15) is 5.26 Å². The molecule has 0 N–H and O–H groups in total. The summed E-state index contributed by atoms with van der Waals surface area (Å²) < 4.78 is 24.0. The minimum absolute atomic E-state index is 0.0493. The lowest BCUT2D eigenvalue weighted by Crippen LogP contribution is -2.20. The molecule has 0 aliphatic heterocycles. The van der Waals surface area contributed by atoms with Crippen molar-refractivity contribution in [3.8, 4) is 6.07 Å². The highest BCUT2D eigenvalue weighted by Gasteiger charge is 2.25. The average molecular weight is 223 g/mol. The Morgan fingerprint density at radius 2 is 1.93 bits per heavy atom. The summed E-state index contributed by atoms with van der Waals surface area (Å²) in [4.78, 5) is 0.298. The van der Waals surface area contributed by atoms with Crippen LogP contribution >= 0.6 is 0 Å². The minimum atomic E-state index is -3.34. The van der Waals surface area contributed by atoms with Crippen LogP contribution in [0.15, 0.2) is 35.2 Å². The van der Waals surface area contributed by atoms with Crippen molar-refractivity contribution >= 4 is 9.84 Å². The second kappa shape index (κ2) is 4.94. The van der Waals surface area contributed by atoms with Gasteiger partial charge >= 0.3 is 0 Å². The molecule has 3 nitrogen and oxygen atoms in total. The highest BCUT2D eigenvalue weighted by atomic mass is 32.2. The van der Waals surface area contributed by atoms with Crippen LogP contribution in [0.5, 0.6) is 0 Å². The fraction of sp³-hybridized carbons (Fsp3) is 0.364. The number of hydrogen-bond donors (Lipinski definition) is 0. The number of rotatable bonds is 4. The standard InChI is InChI=1S/C11H13NO2S/c1-2-10(8-9-12)15(13,14)11-6-4-3-5-7-11/h3-7,10H,2,8H2,1H3. The Morgan fingerprint density at radius 3 is 2.40 bits per heavy atom. The van der Waals surface area contributed by atoms with Crippen molar-refractivity contribution in [1.29, 1.82) is 5.26 Å². The van der Waals surface area contributed by atoms with Crippen molar-refractivity contribution in [1.82, 2.24) is 0 Å². The maximum atomic E-state index is 12.0. The van der Waals surface area contributed by atoms with Crippen LogP contribution in [0.1, 0.15) is 19.8 Å². The third kappa shape index (κ3) is 2.57. The first kappa shape index (κ1) is 11.7. The van der Waals surface area contributed by atoms with E-state index in [4.69, 9.17) is 5.26 Å². The third-order valence-electron chi connectivity index (χ3n) is 2.28. The van der Waals surface area contributed by atoms with E-state index >= 15 is 0 Å². The second-order valence-corrected chi connectivity index (χ2v) is 5.48. The number of sulfone groups is 1. The molecule has 80 valence electrons. The molecule has 0 saturated carbocycles. The zero-order valence-electron chi connectivity index (χ0n) is 8.55. The molecule has 1 aromatic rings. The zero-order chi connectivity index (χ0) is 11.3. The summed E-state index contributed by atoms with van der Waals surface area (Å²) in [6.07, 6.45) is 0.512. The molecule has 0 bridgehead atoms. The van der Waals surface area contributed by atoms with Crippen molar-refractivity contribution in [3.63, 3.8) is 0 Å². The molecule has 0 fully saturated rings. The molecule has 1 atom stereocenters. The van der Waals surface area contributed by atoms with Gasteiger partial charge in [-0.05, 0) is 18.6 Å². The molecule has 0 aromatic heterocycles. The third-order valence-corrected chi connectivity index (χ3v) is 4.59. The highest BCUT2D eigenvalue weighted by molar-refractivity contribution is 7.92. The molecule has 1 rings (SSSR count). The molecule has 0 heterocycles. The van der Waals surface area contributed by atoms with Gasteiger partial charge in [0.25, 0.3) is 0 Å². The second-order valence-electron chi connectivity index (χ2n) is 3.25. The van der Waals surface area contributed by atoms with E-state index < -0.39 is 15.1 Å². The number of nitrogens with zero attached hydrogens (tertiary/aromatic N) is 1. The summed E-state index contributed by atoms with van der Waals surface area (Å²) in [6, 6.07) is 10.2. The van der Waals surface area contributed by atoms with E-state index in [0.717, 1.165) is 0 Å². The Kier molecular flexibility index (Phi) is 3.87. The molecule has 15 heavy (non-hydrogen) atoms. The van der Waals surface area contributed by atoms with Crippen LogP contribution in [0, 0.1) is 11.3 Å². The van der Waals surface area contributed by atoms with Gasteiger partial charge in [-0.3, -0.25) is 0 Å². The summed E-state index contributed by atoms with van der Waals surface area (Å²) in [5.74, 6) is 0. The van der Waals surface area contributed by atoms with Crippen LogP contribution in [0.4, 0.5) is 0 Å². The van der Waals surface area contributed by atoms with Crippen molar-refractivity contribution in [3.05, 3.63) is 30.3 Å². The van der Waals surface area contributed by atoms with E-state index in [2.05, 4.69) is 0 Å². The van der Waals surface area contributed by atoms with E-state index in [1.807, 2.05) is 6.07 Å². The summed E-state index contributed by atoms with van der Waals surface area (Å²) in [7, 11) is -3.34. The predicted octanol–water partition coefficient (Wildman–Crippen LogP) is 2.15. The Balaban J connectivity index is 3.08. The summed E-state index contributed by atoms with van der Waals surface area (Å²) in [5.41, 5.74) is 0. The summed E-state index contributed by atoms with van der Waals surface area (Å²) in [6.45, 7) is 1.78. The average Bonchev–Trinajstić information content (AvgIpc) is 2.27. The lowest BCUT2D eigenvalue weighted by Gasteiger charge is -2.12. The van der Waals surface area contributed by atoms with Crippen LogP contribution in [-0.4, -0.2) is 13.7 Å². The highest BCUT2D eigenvalue weighted by Crippen LogP contribution is 2.19. The van der Waals surface area contributed by atoms with E-state index in [9.17, 15) is 8.42 Å². The first-order chi connectivity index (χ1) is 7.12. The quantitative estimate of drug-likeness (QED) is 0.785.